The van der Waals surface area contributed by atoms with Crippen molar-refractivity contribution in [1.82, 2.24) is 0 Å². The Bertz CT molecular complexity index is 675. The van der Waals surface area contributed by atoms with Crippen molar-refractivity contribution >= 4 is 26.9 Å². The van der Waals surface area contributed by atoms with Gasteiger partial charge in [-0.2, -0.15) is 0 Å². The van der Waals surface area contributed by atoms with Crippen LogP contribution in [0.1, 0.15) is 30.4 Å². The molecule has 1 aromatic carbocycles. The second-order valence-electron chi connectivity index (χ2n) is 5.10. The minimum Gasteiger partial charge on any atom is -0.493 e. The first-order chi connectivity index (χ1) is 9.79. The molecule has 0 saturated heterocycles. The number of aryl methyl sites for hydroxylation is 1. The summed E-state index contributed by atoms with van der Waals surface area (Å²) in [4.78, 5) is 12.0. The van der Waals surface area contributed by atoms with Crippen molar-refractivity contribution in [2.24, 2.45) is 0 Å². The van der Waals surface area contributed by atoms with Crippen molar-refractivity contribution in [1.29, 1.82) is 0 Å². The molecule has 0 amide bonds. The smallest absolute Gasteiger partial charge is 0.339 e. The normalized spacial score (nSPS) is 14.2. The van der Waals surface area contributed by atoms with Crippen LogP contribution in [-0.4, -0.2) is 11.9 Å². The standard InChI is InChI=1S/C16H17BrO3/c17-8-3-9-19-11-6-7-13-12-4-1-2-5-14(12)16(18)20-15(13)10-11/h6-7,10H,1-5,8-9H2. The van der Waals surface area contributed by atoms with E-state index < -0.39 is 0 Å². The summed E-state index contributed by atoms with van der Waals surface area (Å²) in [6, 6.07) is 5.82. The molecule has 0 spiro atoms. The molecule has 3 rings (SSSR count). The van der Waals surface area contributed by atoms with E-state index in [1.165, 1.54) is 5.56 Å². The fourth-order valence-electron chi connectivity index (χ4n) is 2.76. The Morgan fingerprint density at radius 3 is 2.80 bits per heavy atom. The third-order valence-corrected chi connectivity index (χ3v) is 4.30. The Labute approximate surface area is 126 Å². The summed E-state index contributed by atoms with van der Waals surface area (Å²) in [6.07, 6.45) is 5.00. The van der Waals surface area contributed by atoms with Crippen LogP contribution in [0.3, 0.4) is 0 Å². The Kier molecular flexibility index (Phi) is 4.10. The summed E-state index contributed by atoms with van der Waals surface area (Å²) in [5.74, 6) is 0.761. The van der Waals surface area contributed by atoms with E-state index in [1.54, 1.807) is 0 Å². The van der Waals surface area contributed by atoms with Crippen molar-refractivity contribution in [3.8, 4) is 5.75 Å². The fraction of sp³-hybridized carbons (Fsp3) is 0.438. The highest BCUT2D eigenvalue weighted by Gasteiger charge is 2.18. The molecule has 0 atom stereocenters. The fourth-order valence-corrected chi connectivity index (χ4v) is 2.99. The lowest BCUT2D eigenvalue weighted by Crippen LogP contribution is -2.15. The van der Waals surface area contributed by atoms with Gasteiger partial charge in [0.25, 0.3) is 0 Å². The van der Waals surface area contributed by atoms with Crippen LogP contribution in [-0.2, 0) is 12.8 Å². The van der Waals surface area contributed by atoms with Gasteiger partial charge < -0.3 is 9.15 Å². The molecular weight excluding hydrogens is 320 g/mol. The van der Waals surface area contributed by atoms with Crippen molar-refractivity contribution in [3.05, 3.63) is 39.7 Å². The van der Waals surface area contributed by atoms with E-state index in [-0.39, 0.29) is 5.63 Å². The van der Waals surface area contributed by atoms with Crippen LogP contribution in [0, 0.1) is 0 Å². The largest absolute Gasteiger partial charge is 0.493 e. The monoisotopic (exact) mass is 336 g/mol. The van der Waals surface area contributed by atoms with Crippen LogP contribution in [0.2, 0.25) is 0 Å². The molecule has 1 heterocycles. The van der Waals surface area contributed by atoms with Gasteiger partial charge in [0.15, 0.2) is 0 Å². The van der Waals surface area contributed by atoms with Gasteiger partial charge >= 0.3 is 5.63 Å². The first-order valence-electron chi connectivity index (χ1n) is 7.07. The lowest BCUT2D eigenvalue weighted by Gasteiger charge is -2.16. The highest BCUT2D eigenvalue weighted by molar-refractivity contribution is 9.09. The summed E-state index contributed by atoms with van der Waals surface area (Å²) in [7, 11) is 0. The zero-order valence-electron chi connectivity index (χ0n) is 11.3. The maximum atomic E-state index is 12.0. The van der Waals surface area contributed by atoms with Crippen LogP contribution in [0.4, 0.5) is 0 Å². The first-order valence-corrected chi connectivity index (χ1v) is 8.19. The van der Waals surface area contributed by atoms with Crippen molar-refractivity contribution < 1.29 is 9.15 Å². The third-order valence-electron chi connectivity index (χ3n) is 3.74. The van der Waals surface area contributed by atoms with Gasteiger partial charge in [-0.3, -0.25) is 0 Å². The second-order valence-corrected chi connectivity index (χ2v) is 5.90. The Morgan fingerprint density at radius 2 is 2.00 bits per heavy atom. The molecule has 1 aliphatic carbocycles. The van der Waals surface area contributed by atoms with Crippen LogP contribution in [0.15, 0.2) is 27.4 Å². The molecular formula is C16H17BrO3. The van der Waals surface area contributed by atoms with Crippen molar-refractivity contribution in [2.45, 2.75) is 32.1 Å². The number of hydrogen-bond donors (Lipinski definition) is 0. The molecule has 2 aromatic rings. The molecule has 0 radical (unpaired) electrons. The van der Waals surface area contributed by atoms with Gasteiger partial charge in [-0.05, 0) is 49.8 Å². The number of benzene rings is 1. The SMILES string of the molecule is O=c1oc2cc(OCCCBr)ccc2c2c1CCCC2. The van der Waals surface area contributed by atoms with Crippen LogP contribution in [0.5, 0.6) is 5.75 Å². The highest BCUT2D eigenvalue weighted by atomic mass is 79.9. The van der Waals surface area contributed by atoms with Gasteiger partial charge in [-0.15, -0.1) is 0 Å². The van der Waals surface area contributed by atoms with Gasteiger partial charge in [-0.25, -0.2) is 4.79 Å². The molecule has 0 bridgehead atoms. The minimum absolute atomic E-state index is 0.176. The summed E-state index contributed by atoms with van der Waals surface area (Å²) in [6.45, 7) is 0.659. The summed E-state index contributed by atoms with van der Waals surface area (Å²) in [5.41, 5.74) is 2.52. The predicted octanol–water partition coefficient (Wildman–Crippen LogP) is 3.84. The predicted molar refractivity (Wildman–Crippen MR) is 83.0 cm³/mol. The average Bonchev–Trinajstić information content (AvgIpc) is 2.48. The number of ether oxygens (including phenoxy) is 1. The van der Waals surface area contributed by atoms with Crippen LogP contribution >= 0.6 is 15.9 Å². The molecule has 0 aliphatic heterocycles. The first kappa shape index (κ1) is 13.7. The zero-order valence-corrected chi connectivity index (χ0v) is 12.9. The minimum atomic E-state index is -0.176. The molecule has 0 unspecified atom stereocenters. The van der Waals surface area contributed by atoms with E-state index in [9.17, 15) is 4.79 Å². The molecule has 4 heteroatoms. The molecule has 20 heavy (non-hydrogen) atoms. The number of alkyl halides is 1. The van der Waals surface area contributed by atoms with Gasteiger partial charge in [-0.1, -0.05) is 15.9 Å². The number of rotatable bonds is 4. The van der Waals surface area contributed by atoms with E-state index >= 15 is 0 Å². The quantitative estimate of drug-likeness (QED) is 0.483. The zero-order chi connectivity index (χ0) is 13.9. The summed E-state index contributed by atoms with van der Waals surface area (Å²) < 4.78 is 11.1. The molecule has 0 N–H and O–H groups in total. The molecule has 0 fully saturated rings. The average molecular weight is 337 g/mol. The lowest BCUT2D eigenvalue weighted by atomic mass is 9.91. The van der Waals surface area contributed by atoms with Gasteiger partial charge in [0.2, 0.25) is 0 Å². The van der Waals surface area contributed by atoms with Crippen molar-refractivity contribution in [2.75, 3.05) is 11.9 Å². The second kappa shape index (κ2) is 6.00. The molecule has 106 valence electrons. The van der Waals surface area contributed by atoms with E-state index in [0.29, 0.717) is 12.2 Å². The lowest BCUT2D eigenvalue weighted by molar-refractivity contribution is 0.319. The molecule has 0 saturated carbocycles. The molecule has 1 aromatic heterocycles. The van der Waals surface area contributed by atoms with Crippen LogP contribution in [0.25, 0.3) is 11.0 Å². The van der Waals surface area contributed by atoms with E-state index in [0.717, 1.165) is 54.1 Å². The van der Waals surface area contributed by atoms with E-state index in [2.05, 4.69) is 15.9 Å². The molecule has 3 nitrogen and oxygen atoms in total. The Hall–Kier alpha value is -1.29. The Balaban J connectivity index is 2.01. The number of fused-ring (bicyclic) bond motifs is 3. The summed E-state index contributed by atoms with van der Waals surface area (Å²) in [5, 5.41) is 1.98. The van der Waals surface area contributed by atoms with Gasteiger partial charge in [0.05, 0.1) is 6.61 Å². The Morgan fingerprint density at radius 1 is 1.20 bits per heavy atom. The van der Waals surface area contributed by atoms with E-state index in [4.69, 9.17) is 9.15 Å². The summed E-state index contributed by atoms with van der Waals surface area (Å²) >= 11 is 3.37. The maximum Gasteiger partial charge on any atom is 0.339 e. The number of halogens is 1. The van der Waals surface area contributed by atoms with Gasteiger partial charge in [0, 0.05) is 22.3 Å². The van der Waals surface area contributed by atoms with Crippen molar-refractivity contribution in [3.63, 3.8) is 0 Å². The van der Waals surface area contributed by atoms with Gasteiger partial charge in [0.1, 0.15) is 11.3 Å². The van der Waals surface area contributed by atoms with Crippen LogP contribution < -0.4 is 10.4 Å². The topological polar surface area (TPSA) is 39.4 Å². The van der Waals surface area contributed by atoms with E-state index in [1.807, 2.05) is 18.2 Å². The maximum absolute atomic E-state index is 12.0. The number of hydrogen-bond acceptors (Lipinski definition) is 3. The highest BCUT2D eigenvalue weighted by Crippen LogP contribution is 2.29. The molecule has 1 aliphatic rings. The third kappa shape index (κ3) is 2.62.